The van der Waals surface area contributed by atoms with Crippen LogP contribution in [0.15, 0.2) is 84.9 Å². The van der Waals surface area contributed by atoms with Crippen molar-refractivity contribution in [1.29, 1.82) is 0 Å². The maximum Gasteiger partial charge on any atom is -0.0151 e. The zero-order chi connectivity index (χ0) is 26.7. The zero-order valence-electron chi connectivity index (χ0n) is 24.2. The molecule has 0 heteroatoms. The third-order valence-electron chi connectivity index (χ3n) is 7.75. The minimum absolute atomic E-state index is 1.10. The van der Waals surface area contributed by atoms with Crippen LogP contribution in [-0.4, -0.2) is 0 Å². The Hall–Kier alpha value is -3.12. The van der Waals surface area contributed by atoms with Gasteiger partial charge in [-0.25, -0.2) is 0 Å². The van der Waals surface area contributed by atoms with Gasteiger partial charge in [-0.1, -0.05) is 138 Å². The molecule has 38 heavy (non-hydrogen) atoms. The summed E-state index contributed by atoms with van der Waals surface area (Å²) in [6.45, 7) is 9.09. The van der Waals surface area contributed by atoms with Gasteiger partial charge in [0, 0.05) is 0 Å². The maximum absolute atomic E-state index is 2.44. The highest BCUT2D eigenvalue weighted by molar-refractivity contribution is 5.77. The number of unbranched alkanes of at least 4 members (excludes halogenated alkanes) is 2. The highest BCUT2D eigenvalue weighted by Gasteiger charge is 2.11. The lowest BCUT2D eigenvalue weighted by Gasteiger charge is -2.15. The van der Waals surface area contributed by atoms with E-state index in [-0.39, 0.29) is 0 Å². The first-order chi connectivity index (χ1) is 18.7. The van der Waals surface area contributed by atoms with Gasteiger partial charge in [-0.3, -0.25) is 0 Å². The first kappa shape index (κ1) is 27.9. The Kier molecular flexibility index (Phi) is 10.4. The predicted octanol–water partition coefficient (Wildman–Crippen LogP) is 11.3. The van der Waals surface area contributed by atoms with Crippen molar-refractivity contribution in [2.24, 2.45) is 0 Å². The van der Waals surface area contributed by atoms with E-state index in [1.165, 1.54) is 94.2 Å². The topological polar surface area (TPSA) is 0 Å². The lowest BCUT2D eigenvalue weighted by Crippen LogP contribution is -1.94. The van der Waals surface area contributed by atoms with E-state index in [1.807, 2.05) is 0 Å². The largest absolute Gasteiger partial charge is 0.0654 e. The third kappa shape index (κ3) is 7.04. The molecule has 0 aliphatic carbocycles. The normalized spacial score (nSPS) is 11.2. The summed E-state index contributed by atoms with van der Waals surface area (Å²) in [5.41, 5.74) is 13.9. The van der Waals surface area contributed by atoms with E-state index in [1.54, 1.807) is 0 Å². The number of benzene rings is 4. The van der Waals surface area contributed by atoms with Crippen LogP contribution in [0.25, 0.3) is 33.4 Å². The monoisotopic (exact) mass is 502 g/mol. The average Bonchev–Trinajstić information content (AvgIpc) is 2.96. The standard InChI is InChI=1S/C38H46/c1-5-9-13-29-15-19-31(20-16-29)37-25-23-33(27-35(37)11-7-3)34-24-26-38(36(28-34)12-8-4)32-21-17-30(18-22-32)14-10-6-2/h15-28H,5-14H2,1-4H3. The van der Waals surface area contributed by atoms with Crippen LogP contribution in [0, 0.1) is 0 Å². The summed E-state index contributed by atoms with van der Waals surface area (Å²) in [5, 5.41) is 0. The van der Waals surface area contributed by atoms with Gasteiger partial charge in [-0.2, -0.15) is 0 Å². The molecule has 0 aliphatic rings. The second-order valence-electron chi connectivity index (χ2n) is 10.8. The molecule has 0 atom stereocenters. The van der Waals surface area contributed by atoms with Crippen molar-refractivity contribution in [1.82, 2.24) is 0 Å². The molecule has 4 aromatic carbocycles. The second-order valence-corrected chi connectivity index (χ2v) is 10.8. The molecule has 0 aromatic heterocycles. The number of hydrogen-bond donors (Lipinski definition) is 0. The summed E-state index contributed by atoms with van der Waals surface area (Å²) in [4.78, 5) is 0. The Morgan fingerprint density at radius 2 is 0.737 bits per heavy atom. The van der Waals surface area contributed by atoms with E-state index in [2.05, 4.69) is 113 Å². The highest BCUT2D eigenvalue weighted by Crippen LogP contribution is 2.34. The van der Waals surface area contributed by atoms with Gasteiger partial charge in [0.25, 0.3) is 0 Å². The first-order valence-electron chi connectivity index (χ1n) is 15.1. The Morgan fingerprint density at radius 1 is 0.368 bits per heavy atom. The van der Waals surface area contributed by atoms with Crippen molar-refractivity contribution in [3.05, 3.63) is 107 Å². The van der Waals surface area contributed by atoms with Crippen LogP contribution in [0.1, 0.15) is 88.5 Å². The molecule has 0 bridgehead atoms. The van der Waals surface area contributed by atoms with Gasteiger partial charge in [0.15, 0.2) is 0 Å². The molecule has 0 amide bonds. The van der Waals surface area contributed by atoms with E-state index < -0.39 is 0 Å². The van der Waals surface area contributed by atoms with E-state index in [0.717, 1.165) is 25.7 Å². The molecule has 0 spiro atoms. The average molecular weight is 503 g/mol. The van der Waals surface area contributed by atoms with Crippen LogP contribution in [0.3, 0.4) is 0 Å². The molecule has 198 valence electrons. The second kappa shape index (κ2) is 14.1. The molecule has 0 saturated heterocycles. The van der Waals surface area contributed by atoms with Gasteiger partial charge in [-0.15, -0.1) is 0 Å². The minimum Gasteiger partial charge on any atom is -0.0654 e. The van der Waals surface area contributed by atoms with Crippen LogP contribution >= 0.6 is 0 Å². The molecule has 0 unspecified atom stereocenters. The summed E-state index contributed by atoms with van der Waals surface area (Å²) >= 11 is 0. The van der Waals surface area contributed by atoms with E-state index >= 15 is 0 Å². The fraction of sp³-hybridized carbons (Fsp3) is 0.368. The summed E-state index contributed by atoms with van der Waals surface area (Å²) < 4.78 is 0. The van der Waals surface area contributed by atoms with Crippen molar-refractivity contribution < 1.29 is 0 Å². The SMILES string of the molecule is CCCCc1ccc(-c2ccc(-c3ccc(-c4ccc(CCCC)cc4)c(CCC)c3)cc2CCC)cc1. The number of hydrogen-bond acceptors (Lipinski definition) is 0. The lowest BCUT2D eigenvalue weighted by atomic mass is 9.89. The number of rotatable bonds is 13. The lowest BCUT2D eigenvalue weighted by molar-refractivity contribution is 0.795. The zero-order valence-corrected chi connectivity index (χ0v) is 24.2. The van der Waals surface area contributed by atoms with Gasteiger partial charge >= 0.3 is 0 Å². The van der Waals surface area contributed by atoms with Crippen LogP contribution in [-0.2, 0) is 25.7 Å². The van der Waals surface area contributed by atoms with Crippen molar-refractivity contribution in [2.75, 3.05) is 0 Å². The molecule has 0 aliphatic heterocycles. The van der Waals surface area contributed by atoms with Gasteiger partial charge in [0.2, 0.25) is 0 Å². The molecule has 4 aromatic rings. The van der Waals surface area contributed by atoms with Gasteiger partial charge < -0.3 is 0 Å². The third-order valence-corrected chi connectivity index (χ3v) is 7.75. The Balaban J connectivity index is 1.64. The molecule has 0 saturated carbocycles. The van der Waals surface area contributed by atoms with Gasteiger partial charge in [-0.05, 0) is 94.2 Å². The van der Waals surface area contributed by atoms with Gasteiger partial charge in [0.1, 0.15) is 0 Å². The van der Waals surface area contributed by atoms with Crippen molar-refractivity contribution >= 4 is 0 Å². The maximum atomic E-state index is 2.44. The van der Waals surface area contributed by atoms with E-state index in [0.29, 0.717) is 0 Å². The minimum atomic E-state index is 1.10. The molecule has 0 N–H and O–H groups in total. The van der Waals surface area contributed by atoms with Crippen molar-refractivity contribution in [3.8, 4) is 33.4 Å². The van der Waals surface area contributed by atoms with Crippen molar-refractivity contribution in [3.63, 3.8) is 0 Å². The summed E-state index contributed by atoms with van der Waals surface area (Å²) in [5.74, 6) is 0. The molecule has 0 radical (unpaired) electrons. The Morgan fingerprint density at radius 3 is 1.08 bits per heavy atom. The van der Waals surface area contributed by atoms with Crippen LogP contribution in [0.5, 0.6) is 0 Å². The highest BCUT2D eigenvalue weighted by atomic mass is 14.2. The van der Waals surface area contributed by atoms with Crippen LogP contribution in [0.4, 0.5) is 0 Å². The number of aryl methyl sites for hydroxylation is 4. The van der Waals surface area contributed by atoms with E-state index in [9.17, 15) is 0 Å². The molecule has 0 heterocycles. The van der Waals surface area contributed by atoms with Crippen LogP contribution < -0.4 is 0 Å². The summed E-state index contributed by atoms with van der Waals surface area (Å²) in [7, 11) is 0. The van der Waals surface area contributed by atoms with E-state index in [4.69, 9.17) is 0 Å². The molecule has 4 rings (SSSR count). The Bertz CT molecular complexity index is 1170. The fourth-order valence-corrected chi connectivity index (χ4v) is 5.53. The Labute approximate surface area is 232 Å². The van der Waals surface area contributed by atoms with Crippen LogP contribution in [0.2, 0.25) is 0 Å². The molecule has 0 fully saturated rings. The summed E-state index contributed by atoms with van der Waals surface area (Å²) in [6, 6.07) is 32.8. The first-order valence-corrected chi connectivity index (χ1v) is 15.1. The predicted molar refractivity (Wildman–Crippen MR) is 168 cm³/mol. The molecular formula is C38H46. The molecule has 0 nitrogen and oxygen atoms in total. The quantitative estimate of drug-likeness (QED) is 0.170. The smallest absolute Gasteiger partial charge is 0.0151 e. The van der Waals surface area contributed by atoms with Crippen molar-refractivity contribution in [2.45, 2.75) is 91.9 Å². The summed E-state index contributed by atoms with van der Waals surface area (Å²) in [6.07, 6.45) is 11.9. The fourth-order valence-electron chi connectivity index (χ4n) is 5.53. The van der Waals surface area contributed by atoms with Gasteiger partial charge in [0.05, 0.1) is 0 Å². The molecular weight excluding hydrogens is 456 g/mol.